The van der Waals surface area contributed by atoms with Crippen molar-refractivity contribution in [3.05, 3.63) is 86.8 Å². The van der Waals surface area contributed by atoms with Crippen LogP contribution in [0.2, 0.25) is 10.0 Å². The molecule has 1 saturated heterocycles. The van der Waals surface area contributed by atoms with Crippen molar-refractivity contribution in [3.8, 4) is 0 Å². The molecule has 0 saturated carbocycles. The highest BCUT2D eigenvalue weighted by Crippen LogP contribution is 2.31. The standard InChI is InChI=1S/C23H20Cl2N4O7S/c24-16-3-5-17(6-4-16)28(37(34,35)18-7-8-19(25)20(14-18)29(32)33)15-22(30)26-9-11-27(12-10-26)23(31)21-2-1-13-36-21/h1-8,13-14H,9-12,15H2. The highest BCUT2D eigenvalue weighted by Gasteiger charge is 2.32. The van der Waals surface area contributed by atoms with Crippen LogP contribution in [0.25, 0.3) is 0 Å². The monoisotopic (exact) mass is 566 g/mol. The van der Waals surface area contributed by atoms with Crippen LogP contribution in [0.3, 0.4) is 0 Å². The SMILES string of the molecule is O=C(CN(c1ccc(Cl)cc1)S(=O)(=O)c1ccc(Cl)c([N+](=O)[O-])c1)N1CCN(C(=O)c2ccco2)CC1. The predicted molar refractivity (Wildman–Crippen MR) is 135 cm³/mol. The number of carbonyl (C=O) groups is 2. The maximum atomic E-state index is 13.6. The van der Waals surface area contributed by atoms with Crippen molar-refractivity contribution >= 4 is 56.4 Å². The lowest BCUT2D eigenvalue weighted by Gasteiger charge is -2.35. The van der Waals surface area contributed by atoms with Gasteiger partial charge in [0.1, 0.15) is 11.6 Å². The van der Waals surface area contributed by atoms with E-state index in [0.717, 1.165) is 22.5 Å². The summed E-state index contributed by atoms with van der Waals surface area (Å²) in [5.74, 6) is -0.615. The van der Waals surface area contributed by atoms with Gasteiger partial charge < -0.3 is 14.2 Å². The first-order chi connectivity index (χ1) is 17.6. The van der Waals surface area contributed by atoms with Gasteiger partial charge in [0.2, 0.25) is 5.91 Å². The first kappa shape index (κ1) is 26.5. The number of hydrogen-bond donors (Lipinski definition) is 0. The molecule has 1 fully saturated rings. The Labute approximate surface area is 222 Å². The molecular formula is C23H20Cl2N4O7S. The summed E-state index contributed by atoms with van der Waals surface area (Å²) in [6, 6.07) is 12.0. The first-order valence-corrected chi connectivity index (χ1v) is 13.1. The minimum Gasteiger partial charge on any atom is -0.459 e. The predicted octanol–water partition coefficient (Wildman–Crippen LogP) is 3.67. The van der Waals surface area contributed by atoms with Crippen LogP contribution < -0.4 is 4.31 Å². The summed E-state index contributed by atoms with van der Waals surface area (Å²) in [7, 11) is -4.42. The van der Waals surface area contributed by atoms with Crippen LogP contribution in [0.5, 0.6) is 0 Å². The molecule has 0 radical (unpaired) electrons. The second-order valence-electron chi connectivity index (χ2n) is 8.01. The van der Waals surface area contributed by atoms with Crippen molar-refractivity contribution in [1.29, 1.82) is 0 Å². The molecule has 37 heavy (non-hydrogen) atoms. The lowest BCUT2D eigenvalue weighted by atomic mass is 10.2. The Morgan fingerprint density at radius 1 is 1.00 bits per heavy atom. The van der Waals surface area contributed by atoms with Crippen LogP contribution in [-0.2, 0) is 14.8 Å². The minimum atomic E-state index is -4.42. The summed E-state index contributed by atoms with van der Waals surface area (Å²) in [6.45, 7) is 0.273. The normalized spacial score (nSPS) is 13.9. The van der Waals surface area contributed by atoms with E-state index in [9.17, 15) is 28.1 Å². The number of furan rings is 1. The van der Waals surface area contributed by atoms with Gasteiger partial charge in [-0.15, -0.1) is 0 Å². The van der Waals surface area contributed by atoms with Crippen molar-refractivity contribution in [1.82, 2.24) is 9.80 Å². The second-order valence-corrected chi connectivity index (χ2v) is 10.7. The van der Waals surface area contributed by atoms with Gasteiger partial charge in [-0.2, -0.15) is 0 Å². The zero-order valence-electron chi connectivity index (χ0n) is 19.1. The molecule has 1 aliphatic rings. The van der Waals surface area contributed by atoms with E-state index in [0.29, 0.717) is 5.02 Å². The van der Waals surface area contributed by atoms with Gasteiger partial charge in [0.05, 0.1) is 21.8 Å². The molecule has 2 aromatic carbocycles. The minimum absolute atomic E-state index is 0.141. The fourth-order valence-electron chi connectivity index (χ4n) is 3.78. The summed E-state index contributed by atoms with van der Waals surface area (Å²) in [6.07, 6.45) is 1.40. The van der Waals surface area contributed by atoms with Crippen LogP contribution in [-0.4, -0.2) is 67.7 Å². The van der Waals surface area contributed by atoms with Crippen LogP contribution >= 0.6 is 23.2 Å². The third-order valence-electron chi connectivity index (χ3n) is 5.75. The number of anilines is 1. The Bertz CT molecular complexity index is 1420. The number of nitro groups is 1. The molecule has 11 nitrogen and oxygen atoms in total. The molecular weight excluding hydrogens is 547 g/mol. The van der Waals surface area contributed by atoms with E-state index in [-0.39, 0.29) is 48.6 Å². The van der Waals surface area contributed by atoms with E-state index in [1.807, 2.05) is 0 Å². The van der Waals surface area contributed by atoms with Crippen LogP contribution in [0.1, 0.15) is 10.6 Å². The van der Waals surface area contributed by atoms with Gasteiger partial charge >= 0.3 is 0 Å². The van der Waals surface area contributed by atoms with Crippen LogP contribution in [0.4, 0.5) is 11.4 Å². The molecule has 0 unspecified atom stereocenters. The van der Waals surface area contributed by atoms with E-state index in [2.05, 4.69) is 0 Å². The molecule has 0 N–H and O–H groups in total. The average molecular weight is 567 g/mol. The summed E-state index contributed by atoms with van der Waals surface area (Å²) < 4.78 is 33.2. The molecule has 1 aromatic heterocycles. The van der Waals surface area contributed by atoms with Crippen LogP contribution in [0.15, 0.2) is 70.2 Å². The number of hydrogen-bond acceptors (Lipinski definition) is 7. The number of rotatable bonds is 7. The smallest absolute Gasteiger partial charge is 0.289 e. The Morgan fingerprint density at radius 3 is 2.24 bits per heavy atom. The van der Waals surface area contributed by atoms with Gasteiger partial charge in [0, 0.05) is 37.3 Å². The number of benzene rings is 2. The lowest BCUT2D eigenvalue weighted by Crippen LogP contribution is -2.53. The number of nitrogens with zero attached hydrogens (tertiary/aromatic N) is 4. The van der Waals surface area contributed by atoms with E-state index in [1.165, 1.54) is 35.4 Å². The van der Waals surface area contributed by atoms with Crippen molar-refractivity contribution in [2.45, 2.75) is 4.90 Å². The third-order valence-corrected chi connectivity index (χ3v) is 8.09. The Hall–Kier alpha value is -3.61. The molecule has 0 aliphatic carbocycles. The van der Waals surface area contributed by atoms with Gasteiger partial charge in [-0.3, -0.25) is 24.0 Å². The molecule has 0 spiro atoms. The van der Waals surface area contributed by atoms with Crippen LogP contribution in [0, 0.1) is 10.1 Å². The zero-order valence-corrected chi connectivity index (χ0v) is 21.4. The number of nitro benzene ring substituents is 1. The van der Waals surface area contributed by atoms with Crippen molar-refractivity contribution in [2.75, 3.05) is 37.0 Å². The van der Waals surface area contributed by atoms with E-state index in [1.54, 1.807) is 17.0 Å². The molecule has 2 heterocycles. The Morgan fingerprint density at radius 2 is 1.65 bits per heavy atom. The van der Waals surface area contributed by atoms with Gasteiger partial charge in [-0.05, 0) is 48.5 Å². The second kappa shape index (κ2) is 10.8. The first-order valence-electron chi connectivity index (χ1n) is 10.9. The fraction of sp³-hybridized carbons (Fsp3) is 0.217. The maximum absolute atomic E-state index is 13.6. The summed E-state index contributed by atoms with van der Waals surface area (Å²) in [5, 5.41) is 11.4. The van der Waals surface area contributed by atoms with Gasteiger partial charge in [-0.25, -0.2) is 8.42 Å². The number of sulfonamides is 1. The van der Waals surface area contributed by atoms with Gasteiger partial charge in [0.25, 0.3) is 21.6 Å². The molecule has 3 aromatic rings. The molecule has 2 amide bonds. The van der Waals surface area contributed by atoms with E-state index in [4.69, 9.17) is 27.6 Å². The number of amides is 2. The average Bonchev–Trinajstić information content (AvgIpc) is 3.42. The number of halogens is 2. The van der Waals surface area contributed by atoms with Crippen molar-refractivity contribution in [2.24, 2.45) is 0 Å². The summed E-state index contributed by atoms with van der Waals surface area (Å²) >= 11 is 11.8. The fourth-order valence-corrected chi connectivity index (χ4v) is 5.53. The number of carbonyl (C=O) groups excluding carboxylic acids is 2. The quantitative estimate of drug-likeness (QED) is 0.314. The maximum Gasteiger partial charge on any atom is 0.289 e. The lowest BCUT2D eigenvalue weighted by molar-refractivity contribution is -0.384. The van der Waals surface area contributed by atoms with Crippen molar-refractivity contribution in [3.63, 3.8) is 0 Å². The van der Waals surface area contributed by atoms with Gasteiger partial charge in [0.15, 0.2) is 5.76 Å². The summed E-state index contributed by atoms with van der Waals surface area (Å²) in [5.41, 5.74) is -0.440. The summed E-state index contributed by atoms with van der Waals surface area (Å²) in [4.78, 5) is 38.8. The zero-order chi connectivity index (χ0) is 26.7. The Kier molecular flexibility index (Phi) is 7.71. The Balaban J connectivity index is 1.57. The molecule has 194 valence electrons. The molecule has 0 bridgehead atoms. The van der Waals surface area contributed by atoms with Gasteiger partial charge in [-0.1, -0.05) is 23.2 Å². The van der Waals surface area contributed by atoms with Crippen molar-refractivity contribution < 1.29 is 27.3 Å². The molecule has 4 rings (SSSR count). The highest BCUT2D eigenvalue weighted by molar-refractivity contribution is 7.92. The number of piperazine rings is 1. The molecule has 0 atom stereocenters. The molecule has 1 aliphatic heterocycles. The largest absolute Gasteiger partial charge is 0.459 e. The van der Waals surface area contributed by atoms with E-state index >= 15 is 0 Å². The topological polar surface area (TPSA) is 134 Å². The third kappa shape index (κ3) is 5.71. The highest BCUT2D eigenvalue weighted by atomic mass is 35.5. The molecule has 14 heteroatoms. The van der Waals surface area contributed by atoms with E-state index < -0.39 is 38.0 Å².